The van der Waals surface area contributed by atoms with Crippen LogP contribution in [-0.2, 0) is 9.59 Å². The van der Waals surface area contributed by atoms with E-state index in [4.69, 9.17) is 12.2 Å². The van der Waals surface area contributed by atoms with Crippen molar-refractivity contribution >= 4 is 69.2 Å². The molecule has 29 heavy (non-hydrogen) atoms. The molecule has 1 aliphatic rings. The van der Waals surface area contributed by atoms with Crippen molar-refractivity contribution < 1.29 is 9.59 Å². The van der Waals surface area contributed by atoms with E-state index in [0.29, 0.717) is 11.4 Å². The molecule has 1 fully saturated rings. The van der Waals surface area contributed by atoms with Gasteiger partial charge in [-0.05, 0) is 76.8 Å². The van der Waals surface area contributed by atoms with Gasteiger partial charge in [-0.15, -0.1) is 0 Å². The van der Waals surface area contributed by atoms with E-state index < -0.39 is 11.8 Å². The summed E-state index contributed by atoms with van der Waals surface area (Å²) < 4.78 is 0.948. The molecule has 6 heteroatoms. The molecule has 4 rings (SSSR count). The third-order valence-corrected chi connectivity index (χ3v) is 5.83. The van der Waals surface area contributed by atoms with E-state index in [9.17, 15) is 9.59 Å². The minimum absolute atomic E-state index is 0.0652. The van der Waals surface area contributed by atoms with Crippen molar-refractivity contribution in [2.75, 3.05) is 9.80 Å². The standard InChI is InChI=1S/C23H15IN2O2S/c24-20-14-8-7-9-16(20)15-19-21(27)25(17-10-3-1-4-11-17)23(29)26(22(19)28)18-12-5-2-6-13-18/h1-15H. The largest absolute Gasteiger partial charge is 0.270 e. The lowest BCUT2D eigenvalue weighted by molar-refractivity contribution is -0.120. The van der Waals surface area contributed by atoms with Crippen molar-refractivity contribution in [3.8, 4) is 0 Å². The van der Waals surface area contributed by atoms with Gasteiger partial charge in [-0.2, -0.15) is 0 Å². The first-order chi connectivity index (χ1) is 14.1. The Bertz CT molecular complexity index is 1070. The van der Waals surface area contributed by atoms with E-state index in [0.717, 1.165) is 9.13 Å². The molecule has 0 spiro atoms. The summed E-state index contributed by atoms with van der Waals surface area (Å²) in [5.41, 5.74) is 2.10. The summed E-state index contributed by atoms with van der Waals surface area (Å²) in [6.45, 7) is 0. The number of hydrogen-bond acceptors (Lipinski definition) is 3. The Kier molecular flexibility index (Phi) is 5.55. The fourth-order valence-electron chi connectivity index (χ4n) is 3.09. The van der Waals surface area contributed by atoms with Gasteiger partial charge in [0.05, 0.1) is 11.4 Å². The third-order valence-electron chi connectivity index (χ3n) is 4.48. The number of para-hydroxylation sites is 2. The molecule has 0 saturated carbocycles. The van der Waals surface area contributed by atoms with Crippen LogP contribution in [0.5, 0.6) is 0 Å². The molecule has 1 aliphatic heterocycles. The zero-order valence-corrected chi connectivity index (χ0v) is 18.1. The second-order valence-electron chi connectivity index (χ2n) is 6.31. The lowest BCUT2D eigenvalue weighted by atomic mass is 10.1. The molecule has 1 saturated heterocycles. The van der Waals surface area contributed by atoms with Gasteiger partial charge in [0.15, 0.2) is 5.11 Å². The van der Waals surface area contributed by atoms with Gasteiger partial charge >= 0.3 is 0 Å². The average Bonchev–Trinajstić information content (AvgIpc) is 2.74. The summed E-state index contributed by atoms with van der Waals surface area (Å²) in [6.07, 6.45) is 1.64. The van der Waals surface area contributed by atoms with Crippen LogP contribution >= 0.6 is 34.8 Å². The molecular formula is C23H15IN2O2S. The van der Waals surface area contributed by atoms with Crippen LogP contribution in [0.25, 0.3) is 6.08 Å². The van der Waals surface area contributed by atoms with Gasteiger partial charge in [-0.25, -0.2) is 0 Å². The Morgan fingerprint density at radius 1 is 0.690 bits per heavy atom. The average molecular weight is 510 g/mol. The van der Waals surface area contributed by atoms with E-state index in [2.05, 4.69) is 22.6 Å². The second kappa shape index (κ2) is 8.26. The summed E-state index contributed by atoms with van der Waals surface area (Å²) in [7, 11) is 0. The van der Waals surface area contributed by atoms with Crippen LogP contribution in [0.2, 0.25) is 0 Å². The molecule has 0 aromatic heterocycles. The molecule has 3 aromatic carbocycles. The van der Waals surface area contributed by atoms with Crippen LogP contribution in [0.1, 0.15) is 5.56 Å². The molecule has 0 radical (unpaired) electrons. The number of benzene rings is 3. The number of rotatable bonds is 3. The first kappa shape index (κ1) is 19.5. The molecule has 4 nitrogen and oxygen atoms in total. The number of carbonyl (C=O) groups is 2. The van der Waals surface area contributed by atoms with E-state index in [1.165, 1.54) is 9.80 Å². The van der Waals surface area contributed by atoms with Gasteiger partial charge in [-0.1, -0.05) is 54.6 Å². The first-order valence-corrected chi connectivity index (χ1v) is 10.4. The Morgan fingerprint density at radius 3 is 1.62 bits per heavy atom. The maximum atomic E-state index is 13.4. The van der Waals surface area contributed by atoms with Crippen molar-refractivity contribution in [3.63, 3.8) is 0 Å². The van der Waals surface area contributed by atoms with Crippen molar-refractivity contribution in [2.45, 2.75) is 0 Å². The maximum absolute atomic E-state index is 13.4. The van der Waals surface area contributed by atoms with Crippen LogP contribution < -0.4 is 9.80 Å². The highest BCUT2D eigenvalue weighted by Crippen LogP contribution is 2.30. The van der Waals surface area contributed by atoms with Crippen molar-refractivity contribution in [1.29, 1.82) is 0 Å². The van der Waals surface area contributed by atoms with Crippen LogP contribution in [0.4, 0.5) is 11.4 Å². The summed E-state index contributed by atoms with van der Waals surface area (Å²) in [6, 6.07) is 25.8. The fraction of sp³-hybridized carbons (Fsp3) is 0. The van der Waals surface area contributed by atoms with Crippen LogP contribution in [0, 0.1) is 3.57 Å². The van der Waals surface area contributed by atoms with Gasteiger partial charge in [0.1, 0.15) is 5.57 Å². The van der Waals surface area contributed by atoms with Crippen molar-refractivity contribution in [1.82, 2.24) is 0 Å². The molecule has 0 bridgehead atoms. The molecule has 0 unspecified atom stereocenters. The Morgan fingerprint density at radius 2 is 1.14 bits per heavy atom. The van der Waals surface area contributed by atoms with Crippen LogP contribution in [-0.4, -0.2) is 16.9 Å². The van der Waals surface area contributed by atoms with Crippen molar-refractivity contribution in [3.05, 3.63) is 99.6 Å². The number of halogens is 1. The fourth-order valence-corrected chi connectivity index (χ4v) is 4.01. The van der Waals surface area contributed by atoms with Crippen LogP contribution in [0.3, 0.4) is 0 Å². The van der Waals surface area contributed by atoms with Gasteiger partial charge in [-0.3, -0.25) is 19.4 Å². The van der Waals surface area contributed by atoms with Gasteiger partial charge in [0.25, 0.3) is 11.8 Å². The predicted molar refractivity (Wildman–Crippen MR) is 128 cm³/mol. The minimum Gasteiger partial charge on any atom is -0.268 e. The monoisotopic (exact) mass is 510 g/mol. The van der Waals surface area contributed by atoms with E-state index >= 15 is 0 Å². The number of hydrogen-bond donors (Lipinski definition) is 0. The zero-order valence-electron chi connectivity index (χ0n) is 15.2. The van der Waals surface area contributed by atoms with E-state index in [-0.39, 0.29) is 10.7 Å². The molecule has 1 heterocycles. The summed E-state index contributed by atoms with van der Waals surface area (Å²) in [5.74, 6) is -0.865. The third kappa shape index (κ3) is 3.73. The predicted octanol–water partition coefficient (Wildman–Crippen LogP) is 5.04. The quantitative estimate of drug-likeness (QED) is 0.215. The van der Waals surface area contributed by atoms with Crippen LogP contribution in [0.15, 0.2) is 90.5 Å². The van der Waals surface area contributed by atoms with E-state index in [1.54, 1.807) is 30.3 Å². The van der Waals surface area contributed by atoms with Crippen molar-refractivity contribution in [2.24, 2.45) is 0 Å². The zero-order chi connectivity index (χ0) is 20.4. The lowest BCUT2D eigenvalue weighted by Crippen LogP contribution is -2.56. The second-order valence-corrected chi connectivity index (χ2v) is 7.84. The molecule has 0 N–H and O–H groups in total. The number of amides is 2. The number of carbonyl (C=O) groups excluding carboxylic acids is 2. The highest BCUT2D eigenvalue weighted by atomic mass is 127. The number of nitrogens with zero attached hydrogens (tertiary/aromatic N) is 2. The topological polar surface area (TPSA) is 40.6 Å². The number of anilines is 2. The molecule has 0 atom stereocenters. The maximum Gasteiger partial charge on any atom is 0.270 e. The molecule has 142 valence electrons. The summed E-state index contributed by atoms with van der Waals surface area (Å²) in [5, 5.41) is 0.136. The smallest absolute Gasteiger partial charge is 0.268 e. The Balaban J connectivity index is 1.89. The van der Waals surface area contributed by atoms with Gasteiger partial charge < -0.3 is 0 Å². The Hall–Kier alpha value is -2.84. The Labute approximate surface area is 187 Å². The SMILES string of the molecule is O=C1C(=Cc2ccccc2I)C(=O)N(c2ccccc2)C(=S)N1c1ccccc1. The number of thiocarbonyl (C=S) groups is 1. The molecular weight excluding hydrogens is 495 g/mol. The minimum atomic E-state index is -0.432. The lowest BCUT2D eigenvalue weighted by Gasteiger charge is -2.36. The normalized spacial score (nSPS) is 14.4. The van der Waals surface area contributed by atoms with Gasteiger partial charge in [0.2, 0.25) is 0 Å². The van der Waals surface area contributed by atoms with E-state index in [1.807, 2.05) is 60.7 Å². The molecule has 0 aliphatic carbocycles. The summed E-state index contributed by atoms with van der Waals surface area (Å²) in [4.78, 5) is 29.5. The highest BCUT2D eigenvalue weighted by Gasteiger charge is 2.41. The summed E-state index contributed by atoms with van der Waals surface area (Å²) >= 11 is 7.78. The highest BCUT2D eigenvalue weighted by molar-refractivity contribution is 14.1. The van der Waals surface area contributed by atoms with Gasteiger partial charge in [0, 0.05) is 3.57 Å². The molecule has 3 aromatic rings. The first-order valence-electron chi connectivity index (χ1n) is 8.87. The molecule has 2 amide bonds.